The van der Waals surface area contributed by atoms with Crippen LogP contribution in [0.25, 0.3) is 0 Å². The summed E-state index contributed by atoms with van der Waals surface area (Å²) in [4.78, 5) is 0. The second-order valence-electron chi connectivity index (χ2n) is 6.21. The van der Waals surface area contributed by atoms with Crippen LogP contribution in [-0.4, -0.2) is 41.9 Å². The lowest BCUT2D eigenvalue weighted by Crippen LogP contribution is -2.26. The molecular formula is C17H30O4. The highest BCUT2D eigenvalue weighted by Crippen LogP contribution is 2.28. The van der Waals surface area contributed by atoms with E-state index in [0.29, 0.717) is 13.0 Å². The van der Waals surface area contributed by atoms with E-state index in [1.807, 2.05) is 0 Å². The minimum atomic E-state index is -0.337. The van der Waals surface area contributed by atoms with Crippen molar-refractivity contribution in [2.75, 3.05) is 13.2 Å². The van der Waals surface area contributed by atoms with Crippen LogP contribution >= 0.6 is 0 Å². The number of rotatable bonds is 9. The molecule has 21 heavy (non-hydrogen) atoms. The van der Waals surface area contributed by atoms with Crippen LogP contribution < -0.4 is 0 Å². The van der Waals surface area contributed by atoms with Gasteiger partial charge in [0.2, 0.25) is 0 Å². The SMILES string of the molecule is OCCCCCCCC1=CC(OC2CCCCO2)CC1O. The molecule has 0 bridgehead atoms. The molecule has 1 aliphatic carbocycles. The Morgan fingerprint density at radius 3 is 2.71 bits per heavy atom. The van der Waals surface area contributed by atoms with Crippen molar-refractivity contribution in [1.29, 1.82) is 0 Å². The predicted octanol–water partition coefficient (Wildman–Crippen LogP) is 2.92. The maximum absolute atomic E-state index is 10.1. The van der Waals surface area contributed by atoms with Gasteiger partial charge in [0, 0.05) is 19.6 Å². The molecule has 0 spiro atoms. The van der Waals surface area contributed by atoms with Gasteiger partial charge in [0.15, 0.2) is 6.29 Å². The van der Waals surface area contributed by atoms with Crippen LogP contribution in [-0.2, 0) is 9.47 Å². The molecule has 1 fully saturated rings. The molecule has 4 heteroatoms. The van der Waals surface area contributed by atoms with E-state index >= 15 is 0 Å². The first-order valence-corrected chi connectivity index (χ1v) is 8.56. The lowest BCUT2D eigenvalue weighted by molar-refractivity contribution is -0.179. The average molecular weight is 298 g/mol. The van der Waals surface area contributed by atoms with Gasteiger partial charge in [0.25, 0.3) is 0 Å². The zero-order chi connectivity index (χ0) is 14.9. The fourth-order valence-electron chi connectivity index (χ4n) is 3.12. The van der Waals surface area contributed by atoms with Crippen molar-refractivity contribution in [1.82, 2.24) is 0 Å². The molecule has 1 aliphatic heterocycles. The molecule has 0 amide bonds. The van der Waals surface area contributed by atoms with Crippen molar-refractivity contribution in [2.24, 2.45) is 0 Å². The largest absolute Gasteiger partial charge is 0.396 e. The van der Waals surface area contributed by atoms with Crippen LogP contribution in [0.5, 0.6) is 0 Å². The van der Waals surface area contributed by atoms with E-state index in [4.69, 9.17) is 14.6 Å². The Hall–Kier alpha value is -0.420. The standard InChI is InChI=1S/C17H30O4/c18-10-6-3-1-2-4-8-14-12-15(13-16(14)19)21-17-9-5-7-11-20-17/h12,15-19H,1-11,13H2. The molecule has 0 aromatic heterocycles. The van der Waals surface area contributed by atoms with E-state index in [9.17, 15) is 5.11 Å². The zero-order valence-corrected chi connectivity index (χ0v) is 13.0. The third-order valence-corrected chi connectivity index (χ3v) is 4.37. The minimum absolute atomic E-state index is 0.0208. The molecule has 4 nitrogen and oxygen atoms in total. The number of unbranched alkanes of at least 4 members (excludes halogenated alkanes) is 4. The highest BCUT2D eigenvalue weighted by Gasteiger charge is 2.27. The van der Waals surface area contributed by atoms with Crippen molar-refractivity contribution < 1.29 is 19.7 Å². The van der Waals surface area contributed by atoms with Crippen molar-refractivity contribution >= 4 is 0 Å². The molecule has 1 heterocycles. The molecule has 3 unspecified atom stereocenters. The van der Waals surface area contributed by atoms with Gasteiger partial charge in [-0.3, -0.25) is 0 Å². The molecule has 2 rings (SSSR count). The van der Waals surface area contributed by atoms with E-state index < -0.39 is 0 Å². The lowest BCUT2D eigenvalue weighted by atomic mass is 10.0. The molecule has 3 atom stereocenters. The van der Waals surface area contributed by atoms with E-state index in [0.717, 1.165) is 50.7 Å². The normalized spacial score (nSPS) is 29.6. The summed E-state index contributed by atoms with van der Waals surface area (Å²) in [5.74, 6) is 0. The molecule has 0 saturated carbocycles. The molecule has 0 radical (unpaired) electrons. The highest BCUT2D eigenvalue weighted by molar-refractivity contribution is 5.18. The van der Waals surface area contributed by atoms with Gasteiger partial charge < -0.3 is 19.7 Å². The maximum atomic E-state index is 10.1. The van der Waals surface area contributed by atoms with Crippen LogP contribution in [0, 0.1) is 0 Å². The van der Waals surface area contributed by atoms with Gasteiger partial charge in [-0.1, -0.05) is 25.3 Å². The summed E-state index contributed by atoms with van der Waals surface area (Å²) >= 11 is 0. The summed E-state index contributed by atoms with van der Waals surface area (Å²) in [7, 11) is 0. The Morgan fingerprint density at radius 2 is 1.95 bits per heavy atom. The van der Waals surface area contributed by atoms with Gasteiger partial charge in [-0.15, -0.1) is 0 Å². The molecule has 2 aliphatic rings. The molecule has 0 aromatic carbocycles. The van der Waals surface area contributed by atoms with Gasteiger partial charge in [0.05, 0.1) is 12.2 Å². The predicted molar refractivity (Wildman–Crippen MR) is 82.0 cm³/mol. The van der Waals surface area contributed by atoms with Gasteiger partial charge in [-0.25, -0.2) is 0 Å². The third kappa shape index (κ3) is 6.07. The van der Waals surface area contributed by atoms with Gasteiger partial charge in [-0.2, -0.15) is 0 Å². The monoisotopic (exact) mass is 298 g/mol. The van der Waals surface area contributed by atoms with Crippen molar-refractivity contribution in [3.63, 3.8) is 0 Å². The molecule has 122 valence electrons. The number of aliphatic hydroxyl groups excluding tert-OH is 2. The maximum Gasteiger partial charge on any atom is 0.158 e. The van der Waals surface area contributed by atoms with Crippen molar-refractivity contribution in [2.45, 2.75) is 82.7 Å². The first-order valence-electron chi connectivity index (χ1n) is 8.56. The van der Waals surface area contributed by atoms with E-state index in [1.54, 1.807) is 0 Å². The van der Waals surface area contributed by atoms with Crippen LogP contribution in [0.4, 0.5) is 0 Å². The summed E-state index contributed by atoms with van der Waals surface area (Å²) in [6.45, 7) is 1.09. The lowest BCUT2D eigenvalue weighted by Gasteiger charge is -2.25. The third-order valence-electron chi connectivity index (χ3n) is 4.37. The first-order chi connectivity index (χ1) is 10.3. The van der Waals surface area contributed by atoms with Gasteiger partial charge in [0.1, 0.15) is 0 Å². The fraction of sp³-hybridized carbons (Fsp3) is 0.882. The summed E-state index contributed by atoms with van der Waals surface area (Å²) < 4.78 is 11.5. The zero-order valence-electron chi connectivity index (χ0n) is 13.0. The Kier molecular flexibility index (Phi) is 7.72. The quantitative estimate of drug-likeness (QED) is 0.507. The summed E-state index contributed by atoms with van der Waals surface area (Å²) in [6, 6.07) is 0. The topological polar surface area (TPSA) is 58.9 Å². The number of hydrogen-bond acceptors (Lipinski definition) is 4. The second kappa shape index (κ2) is 9.57. The Labute approximate surface area is 128 Å². The Balaban J connectivity index is 1.63. The number of aliphatic hydroxyl groups is 2. The number of ether oxygens (including phenoxy) is 2. The van der Waals surface area contributed by atoms with Gasteiger partial charge >= 0.3 is 0 Å². The van der Waals surface area contributed by atoms with Crippen molar-refractivity contribution in [3.05, 3.63) is 11.6 Å². The van der Waals surface area contributed by atoms with Crippen LogP contribution in [0.15, 0.2) is 11.6 Å². The molecular weight excluding hydrogens is 268 g/mol. The van der Waals surface area contributed by atoms with E-state index in [2.05, 4.69) is 6.08 Å². The highest BCUT2D eigenvalue weighted by atomic mass is 16.7. The average Bonchev–Trinajstić information content (AvgIpc) is 2.84. The Morgan fingerprint density at radius 1 is 1.14 bits per heavy atom. The van der Waals surface area contributed by atoms with Crippen molar-refractivity contribution in [3.8, 4) is 0 Å². The first kappa shape index (κ1) is 16.9. The van der Waals surface area contributed by atoms with Gasteiger partial charge in [-0.05, 0) is 44.1 Å². The van der Waals surface area contributed by atoms with E-state index in [1.165, 1.54) is 19.3 Å². The van der Waals surface area contributed by atoms with Crippen LogP contribution in [0.2, 0.25) is 0 Å². The van der Waals surface area contributed by atoms with Crippen LogP contribution in [0.3, 0.4) is 0 Å². The summed E-state index contributed by atoms with van der Waals surface area (Å²) in [5, 5.41) is 18.8. The second-order valence-corrected chi connectivity index (χ2v) is 6.21. The molecule has 2 N–H and O–H groups in total. The number of hydrogen-bond donors (Lipinski definition) is 2. The fourth-order valence-corrected chi connectivity index (χ4v) is 3.12. The minimum Gasteiger partial charge on any atom is -0.396 e. The molecule has 0 aromatic rings. The summed E-state index contributed by atoms with van der Waals surface area (Å²) in [6.07, 6.45) is 12.1. The molecule has 1 saturated heterocycles. The van der Waals surface area contributed by atoms with Crippen LogP contribution in [0.1, 0.15) is 64.2 Å². The van der Waals surface area contributed by atoms with E-state index in [-0.39, 0.29) is 18.5 Å². The Bertz CT molecular complexity index is 310. The summed E-state index contributed by atoms with van der Waals surface area (Å²) in [5.41, 5.74) is 1.14. The smallest absolute Gasteiger partial charge is 0.158 e.